The number of aliphatic hydroxyl groups excluding tert-OH is 1. The van der Waals surface area contributed by atoms with Gasteiger partial charge in [0, 0.05) is 38.3 Å². The Morgan fingerprint density at radius 2 is 1.59 bits per heavy atom. The number of nitrogens with zero attached hydrogens (tertiary/aromatic N) is 4. The number of aromatic nitrogens is 1. The number of carboxylic acids is 1. The molecule has 4 aromatic carbocycles. The smallest absolute Gasteiger partial charge is 0.307 e. The molecule has 0 aliphatic carbocycles. The SMILES string of the molecule is [C-]#[N+]c1cc(CN2CC[C@@H](C(=O)O)C2)cc2nc(-c3cccc(-c4cccc(/C=C/c5cc(C)c(CN6CC[C@@H](O)C6)cc5C)c4C)c3C)oc12. The zero-order valence-electron chi connectivity index (χ0n) is 29.7. The van der Waals surface area contributed by atoms with Crippen LogP contribution >= 0.6 is 0 Å². The minimum Gasteiger partial charge on any atom is -0.481 e. The van der Waals surface area contributed by atoms with Crippen molar-refractivity contribution in [1.82, 2.24) is 14.8 Å². The number of β-amino-alcohol motifs (C(OH)–C–C–N with tert-alkyl or cyclic N) is 1. The van der Waals surface area contributed by atoms with Crippen LogP contribution in [-0.2, 0) is 17.9 Å². The van der Waals surface area contributed by atoms with Crippen LogP contribution in [0.25, 0.3) is 50.7 Å². The molecule has 1 aromatic heterocycles. The number of oxazole rings is 1. The number of hydrogen-bond acceptors (Lipinski definition) is 6. The molecule has 3 heterocycles. The van der Waals surface area contributed by atoms with E-state index < -0.39 is 5.97 Å². The number of likely N-dealkylation sites (tertiary alicyclic amines) is 2. The summed E-state index contributed by atoms with van der Waals surface area (Å²) in [6.45, 7) is 20.8. The van der Waals surface area contributed by atoms with E-state index in [2.05, 4.69) is 90.9 Å². The minimum absolute atomic E-state index is 0.211. The molecule has 2 aliphatic rings. The van der Waals surface area contributed by atoms with Gasteiger partial charge in [-0.1, -0.05) is 54.6 Å². The predicted octanol–water partition coefficient (Wildman–Crippen LogP) is 8.59. The lowest BCUT2D eigenvalue weighted by atomic mass is 9.91. The number of aliphatic hydroxyl groups is 1. The first-order chi connectivity index (χ1) is 24.6. The number of aliphatic carboxylic acids is 1. The molecule has 2 fully saturated rings. The van der Waals surface area contributed by atoms with Gasteiger partial charge in [0.15, 0.2) is 5.58 Å². The summed E-state index contributed by atoms with van der Waals surface area (Å²) in [7, 11) is 0. The maximum atomic E-state index is 11.5. The van der Waals surface area contributed by atoms with E-state index >= 15 is 0 Å². The third-order valence-corrected chi connectivity index (χ3v) is 10.7. The van der Waals surface area contributed by atoms with E-state index in [0.717, 1.165) is 59.4 Å². The van der Waals surface area contributed by atoms with E-state index in [-0.39, 0.29) is 12.0 Å². The van der Waals surface area contributed by atoms with Crippen molar-refractivity contribution in [2.75, 3.05) is 26.2 Å². The van der Waals surface area contributed by atoms with Gasteiger partial charge in [0.05, 0.1) is 24.1 Å². The van der Waals surface area contributed by atoms with Crippen LogP contribution in [-0.4, -0.2) is 63.2 Å². The van der Waals surface area contributed by atoms with Gasteiger partial charge in [0.25, 0.3) is 0 Å². The second-order valence-electron chi connectivity index (χ2n) is 14.3. The van der Waals surface area contributed by atoms with Gasteiger partial charge in [0.1, 0.15) is 0 Å². The molecule has 2 saturated heterocycles. The Morgan fingerprint density at radius 3 is 2.31 bits per heavy atom. The second-order valence-corrected chi connectivity index (χ2v) is 14.3. The predicted molar refractivity (Wildman–Crippen MR) is 202 cm³/mol. The Balaban J connectivity index is 1.14. The number of rotatable bonds is 9. The van der Waals surface area contributed by atoms with Crippen molar-refractivity contribution in [3.8, 4) is 22.6 Å². The minimum atomic E-state index is -0.755. The average Bonchev–Trinajstić information content (AvgIpc) is 3.86. The standard InChI is InChI=1S/C43H44N4O4/c1-26-19-34(24-47-17-15-35(48)25-47)27(2)18-32(26)13-12-31-8-6-9-36(28(31)3)37-10-7-11-38(29(37)4)42-45-40-21-30(20-39(44-5)41(40)51-42)22-46-16-14-33(23-46)43(49)50/h6-13,18-21,33,35,48H,14-17,22-25H2,1-4H3,(H,49,50)/b13-12+/t33-,35-/m1/s1. The molecule has 260 valence electrons. The Kier molecular flexibility index (Phi) is 9.63. The highest BCUT2D eigenvalue weighted by atomic mass is 16.4. The topological polar surface area (TPSA) is 94.4 Å². The largest absolute Gasteiger partial charge is 0.481 e. The first kappa shape index (κ1) is 34.4. The van der Waals surface area contributed by atoms with Gasteiger partial charge in [-0.15, -0.1) is 0 Å². The molecule has 51 heavy (non-hydrogen) atoms. The quantitative estimate of drug-likeness (QED) is 0.119. The monoisotopic (exact) mass is 680 g/mol. The van der Waals surface area contributed by atoms with Crippen LogP contribution in [0, 0.1) is 40.2 Å². The van der Waals surface area contributed by atoms with E-state index in [9.17, 15) is 15.0 Å². The molecule has 2 N–H and O–H groups in total. The first-order valence-corrected chi connectivity index (χ1v) is 17.7. The highest BCUT2D eigenvalue weighted by Crippen LogP contribution is 2.38. The van der Waals surface area contributed by atoms with Gasteiger partial charge in [-0.25, -0.2) is 9.83 Å². The van der Waals surface area contributed by atoms with Crippen LogP contribution < -0.4 is 0 Å². The summed E-state index contributed by atoms with van der Waals surface area (Å²) in [5.74, 6) is -0.631. The van der Waals surface area contributed by atoms with E-state index in [1.165, 1.54) is 27.8 Å². The van der Waals surface area contributed by atoms with Crippen molar-refractivity contribution in [2.45, 2.75) is 59.7 Å². The van der Waals surface area contributed by atoms with Crippen LogP contribution in [0.2, 0.25) is 0 Å². The molecule has 0 unspecified atom stereocenters. The van der Waals surface area contributed by atoms with Gasteiger partial charge >= 0.3 is 5.97 Å². The van der Waals surface area contributed by atoms with Crippen molar-refractivity contribution in [3.63, 3.8) is 0 Å². The first-order valence-electron chi connectivity index (χ1n) is 17.7. The van der Waals surface area contributed by atoms with Gasteiger partial charge < -0.3 is 14.6 Å². The zero-order valence-corrected chi connectivity index (χ0v) is 29.7. The number of fused-ring (bicyclic) bond motifs is 1. The van der Waals surface area contributed by atoms with Crippen molar-refractivity contribution in [3.05, 3.63) is 117 Å². The lowest BCUT2D eigenvalue weighted by Crippen LogP contribution is -2.22. The molecule has 2 aliphatic heterocycles. The van der Waals surface area contributed by atoms with Gasteiger partial charge in [-0.3, -0.25) is 14.6 Å². The summed E-state index contributed by atoms with van der Waals surface area (Å²) in [5, 5.41) is 19.4. The summed E-state index contributed by atoms with van der Waals surface area (Å²) >= 11 is 0. The molecule has 8 heteroatoms. The van der Waals surface area contributed by atoms with Crippen molar-refractivity contribution >= 4 is 34.9 Å². The molecular formula is C43H44N4O4. The number of carboxylic acid groups (broad SMARTS) is 1. The molecule has 5 aromatic rings. The third kappa shape index (κ3) is 7.11. The van der Waals surface area contributed by atoms with Gasteiger partial charge in [0.2, 0.25) is 11.6 Å². The molecule has 0 amide bonds. The number of carbonyl (C=O) groups is 1. The molecule has 0 saturated carbocycles. The molecule has 0 radical (unpaired) electrons. The third-order valence-electron chi connectivity index (χ3n) is 10.7. The maximum Gasteiger partial charge on any atom is 0.307 e. The average molecular weight is 681 g/mol. The zero-order chi connectivity index (χ0) is 35.8. The van der Waals surface area contributed by atoms with Crippen LogP contribution in [0.15, 0.2) is 65.1 Å². The Labute approximate surface area is 299 Å². The lowest BCUT2D eigenvalue weighted by Gasteiger charge is -2.18. The molecule has 7 rings (SSSR count). The summed E-state index contributed by atoms with van der Waals surface area (Å²) in [5.41, 5.74) is 13.9. The Bertz CT molecular complexity index is 2210. The number of aryl methyl sites for hydroxylation is 2. The Hall–Kier alpha value is -5.07. The molecule has 0 spiro atoms. The summed E-state index contributed by atoms with van der Waals surface area (Å²) in [6, 6.07) is 20.9. The second kappa shape index (κ2) is 14.3. The van der Waals surface area contributed by atoms with E-state index in [4.69, 9.17) is 16.0 Å². The Morgan fingerprint density at radius 1 is 0.882 bits per heavy atom. The van der Waals surface area contributed by atoms with Gasteiger partial charge in [-0.05, 0) is 121 Å². The van der Waals surface area contributed by atoms with E-state index in [1.807, 2.05) is 24.3 Å². The van der Waals surface area contributed by atoms with Crippen LogP contribution in [0.5, 0.6) is 0 Å². The normalized spacial score (nSPS) is 18.3. The van der Waals surface area contributed by atoms with Crippen LogP contribution in [0.3, 0.4) is 0 Å². The van der Waals surface area contributed by atoms with Crippen molar-refractivity contribution < 1.29 is 19.4 Å². The van der Waals surface area contributed by atoms with Crippen molar-refractivity contribution in [1.29, 1.82) is 0 Å². The molecule has 8 nitrogen and oxygen atoms in total. The van der Waals surface area contributed by atoms with Crippen LogP contribution in [0.1, 0.15) is 57.3 Å². The van der Waals surface area contributed by atoms with E-state index in [1.54, 1.807) is 0 Å². The lowest BCUT2D eigenvalue weighted by molar-refractivity contribution is -0.141. The summed E-state index contributed by atoms with van der Waals surface area (Å²) in [4.78, 5) is 24.5. The summed E-state index contributed by atoms with van der Waals surface area (Å²) < 4.78 is 6.29. The van der Waals surface area contributed by atoms with E-state index in [0.29, 0.717) is 48.7 Å². The maximum absolute atomic E-state index is 11.5. The van der Waals surface area contributed by atoms with Crippen LogP contribution in [0.4, 0.5) is 5.69 Å². The molecule has 0 bridgehead atoms. The summed E-state index contributed by atoms with van der Waals surface area (Å²) in [6.07, 6.45) is 5.68. The van der Waals surface area contributed by atoms with Gasteiger partial charge in [-0.2, -0.15) is 0 Å². The highest BCUT2D eigenvalue weighted by molar-refractivity contribution is 5.90. The van der Waals surface area contributed by atoms with Crippen molar-refractivity contribution in [2.24, 2.45) is 5.92 Å². The number of hydrogen-bond donors (Lipinski definition) is 2. The number of benzene rings is 4. The molecule has 2 atom stereocenters. The molecular weight excluding hydrogens is 636 g/mol. The highest BCUT2D eigenvalue weighted by Gasteiger charge is 2.28. The fourth-order valence-electron chi connectivity index (χ4n) is 7.71. The fraction of sp³-hybridized carbons (Fsp3) is 0.326. The fourth-order valence-corrected chi connectivity index (χ4v) is 7.71.